The van der Waals surface area contributed by atoms with Crippen LogP contribution in [0.4, 0.5) is 0 Å². The van der Waals surface area contributed by atoms with Crippen molar-refractivity contribution < 1.29 is 9.59 Å². The summed E-state index contributed by atoms with van der Waals surface area (Å²) in [4.78, 5) is 23.8. The van der Waals surface area contributed by atoms with E-state index < -0.39 is 0 Å². The molecule has 1 fully saturated rings. The Balaban J connectivity index is 2.21. The molecule has 4 nitrogen and oxygen atoms in total. The zero-order chi connectivity index (χ0) is 11.3. The molecule has 0 bridgehead atoms. The number of rotatable bonds is 2. The lowest BCUT2D eigenvalue weighted by Crippen LogP contribution is -2.31. The van der Waals surface area contributed by atoms with E-state index in [-0.39, 0.29) is 17.6 Å². The van der Waals surface area contributed by atoms with E-state index in [9.17, 15) is 9.59 Å². The van der Waals surface area contributed by atoms with Gasteiger partial charge in [-0.1, -0.05) is 24.0 Å². The molecule has 0 aromatic heterocycles. The summed E-state index contributed by atoms with van der Waals surface area (Å²) in [5, 5.41) is 2.21. The molecule has 0 spiro atoms. The number of thiocarbonyl (C=S) groups is 1. The second kappa shape index (κ2) is 6.07. The van der Waals surface area contributed by atoms with Crippen LogP contribution in [0.3, 0.4) is 0 Å². The van der Waals surface area contributed by atoms with E-state index in [1.165, 1.54) is 31.5 Å². The van der Waals surface area contributed by atoms with Crippen LogP contribution in [0, 0.1) is 0 Å². The molecule has 1 aliphatic rings. The Morgan fingerprint density at radius 3 is 2.53 bits per heavy atom. The van der Waals surface area contributed by atoms with Gasteiger partial charge < -0.3 is 4.90 Å². The minimum Gasteiger partial charge on any atom is -0.358 e. The van der Waals surface area contributed by atoms with Crippen LogP contribution in [0.1, 0.15) is 19.8 Å². The first-order valence-electron chi connectivity index (χ1n) is 4.81. The van der Waals surface area contributed by atoms with E-state index in [2.05, 4.69) is 10.2 Å². The highest BCUT2D eigenvalue weighted by Gasteiger charge is 2.16. The van der Waals surface area contributed by atoms with Crippen LogP contribution in [0.2, 0.25) is 0 Å². The van der Waals surface area contributed by atoms with Gasteiger partial charge in [0.25, 0.3) is 0 Å². The number of thioether (sulfide) groups is 1. The van der Waals surface area contributed by atoms with Crippen molar-refractivity contribution in [2.75, 3.05) is 18.8 Å². The quantitative estimate of drug-likeness (QED) is 0.729. The number of carbonyl (C=O) groups is 2. The van der Waals surface area contributed by atoms with Gasteiger partial charge in [0.1, 0.15) is 4.32 Å². The van der Waals surface area contributed by atoms with Crippen LogP contribution in [-0.4, -0.2) is 39.9 Å². The van der Waals surface area contributed by atoms with Crippen LogP contribution in [0.25, 0.3) is 0 Å². The van der Waals surface area contributed by atoms with Crippen molar-refractivity contribution >= 4 is 40.1 Å². The van der Waals surface area contributed by atoms with Crippen molar-refractivity contribution in [2.45, 2.75) is 19.8 Å². The molecule has 0 aliphatic carbocycles. The maximum atomic E-state index is 11.1. The Bertz CT molecular complexity index is 275. The fraction of sp³-hybridized carbons (Fsp3) is 0.667. The topological polar surface area (TPSA) is 49.4 Å². The highest BCUT2D eigenvalue weighted by atomic mass is 32.2. The summed E-state index contributed by atoms with van der Waals surface area (Å²) >= 11 is 6.49. The van der Waals surface area contributed by atoms with Gasteiger partial charge in [0.2, 0.25) is 11.8 Å². The third-order valence-electron chi connectivity index (χ3n) is 2.01. The fourth-order valence-corrected chi connectivity index (χ4v) is 2.40. The zero-order valence-corrected chi connectivity index (χ0v) is 10.2. The number of amides is 2. The summed E-state index contributed by atoms with van der Waals surface area (Å²) in [5.41, 5.74) is 0. The summed E-state index contributed by atoms with van der Waals surface area (Å²) in [7, 11) is 0. The summed E-state index contributed by atoms with van der Waals surface area (Å²) in [6.45, 7) is 3.29. The number of nitrogens with one attached hydrogen (secondary N) is 1. The predicted molar refractivity (Wildman–Crippen MR) is 64.7 cm³/mol. The minimum atomic E-state index is -0.326. The van der Waals surface area contributed by atoms with Gasteiger partial charge in [-0.2, -0.15) is 0 Å². The average molecular weight is 246 g/mol. The average Bonchev–Trinajstić information content (AvgIpc) is 2.65. The van der Waals surface area contributed by atoms with E-state index in [1.54, 1.807) is 0 Å². The second-order valence-corrected chi connectivity index (χ2v) is 4.96. The molecule has 0 atom stereocenters. The van der Waals surface area contributed by atoms with Crippen molar-refractivity contribution in [3.63, 3.8) is 0 Å². The zero-order valence-electron chi connectivity index (χ0n) is 8.62. The maximum Gasteiger partial charge on any atom is 0.236 e. The number of hydrogen-bond donors (Lipinski definition) is 1. The van der Waals surface area contributed by atoms with E-state index >= 15 is 0 Å². The highest BCUT2D eigenvalue weighted by Crippen LogP contribution is 2.15. The van der Waals surface area contributed by atoms with Crippen molar-refractivity contribution in [3.8, 4) is 0 Å². The van der Waals surface area contributed by atoms with Gasteiger partial charge in [0.05, 0.1) is 5.75 Å². The predicted octanol–water partition coefficient (Wildman–Crippen LogP) is 0.763. The molecule has 1 N–H and O–H groups in total. The number of carbonyl (C=O) groups excluding carboxylic acids is 2. The van der Waals surface area contributed by atoms with Gasteiger partial charge in [-0.3, -0.25) is 14.9 Å². The molecule has 1 aliphatic heterocycles. The SMILES string of the molecule is CC(=O)NC(=O)CSC(=S)N1CCCC1. The Labute approximate surface area is 98.8 Å². The van der Waals surface area contributed by atoms with E-state index in [0.717, 1.165) is 17.4 Å². The van der Waals surface area contributed by atoms with Gasteiger partial charge >= 0.3 is 0 Å². The maximum absolute atomic E-state index is 11.1. The van der Waals surface area contributed by atoms with Gasteiger partial charge in [-0.05, 0) is 12.8 Å². The molecule has 0 aromatic carbocycles. The largest absolute Gasteiger partial charge is 0.358 e. The molecule has 2 amide bonds. The Kier molecular flexibility index (Phi) is 5.04. The Hall–Kier alpha value is -0.620. The van der Waals surface area contributed by atoms with Crippen molar-refractivity contribution in [1.29, 1.82) is 0 Å². The van der Waals surface area contributed by atoms with E-state index in [1.807, 2.05) is 0 Å². The number of nitrogens with zero attached hydrogens (tertiary/aromatic N) is 1. The molecule has 1 saturated heterocycles. The Morgan fingerprint density at radius 2 is 2.00 bits per heavy atom. The molecule has 0 aromatic rings. The molecule has 0 saturated carbocycles. The van der Waals surface area contributed by atoms with Crippen LogP contribution in [0.5, 0.6) is 0 Å². The number of hydrogen-bond acceptors (Lipinski definition) is 4. The molecule has 15 heavy (non-hydrogen) atoms. The minimum absolute atomic E-state index is 0.217. The first-order chi connectivity index (χ1) is 7.09. The van der Waals surface area contributed by atoms with Crippen LogP contribution in [0.15, 0.2) is 0 Å². The standard InChI is InChI=1S/C9H14N2O2S2/c1-7(12)10-8(13)6-15-9(14)11-4-2-3-5-11/h2-6H2,1H3,(H,10,12,13). The third kappa shape index (κ3) is 4.61. The lowest BCUT2D eigenvalue weighted by atomic mass is 10.4. The summed E-state index contributed by atoms with van der Waals surface area (Å²) < 4.78 is 0.756. The van der Waals surface area contributed by atoms with E-state index in [0.29, 0.717) is 0 Å². The number of likely N-dealkylation sites (tertiary alicyclic amines) is 1. The first kappa shape index (κ1) is 12.4. The molecule has 1 heterocycles. The molecular weight excluding hydrogens is 232 g/mol. The van der Waals surface area contributed by atoms with Crippen molar-refractivity contribution in [1.82, 2.24) is 10.2 Å². The highest BCUT2D eigenvalue weighted by molar-refractivity contribution is 8.23. The molecule has 84 valence electrons. The van der Waals surface area contributed by atoms with Crippen LogP contribution >= 0.6 is 24.0 Å². The lowest BCUT2D eigenvalue weighted by Gasteiger charge is -2.16. The molecule has 0 unspecified atom stereocenters. The van der Waals surface area contributed by atoms with Gasteiger partial charge in [0, 0.05) is 20.0 Å². The summed E-state index contributed by atoms with van der Waals surface area (Å²) in [6, 6.07) is 0. The number of imide groups is 1. The molecule has 0 radical (unpaired) electrons. The molecule has 6 heteroatoms. The van der Waals surface area contributed by atoms with Crippen molar-refractivity contribution in [3.05, 3.63) is 0 Å². The summed E-state index contributed by atoms with van der Waals surface area (Å²) in [6.07, 6.45) is 2.33. The third-order valence-corrected chi connectivity index (χ3v) is 3.53. The van der Waals surface area contributed by atoms with Gasteiger partial charge in [-0.15, -0.1) is 0 Å². The van der Waals surface area contributed by atoms with Gasteiger partial charge in [0.15, 0.2) is 0 Å². The van der Waals surface area contributed by atoms with Gasteiger partial charge in [-0.25, -0.2) is 0 Å². The molecular formula is C9H14N2O2S2. The lowest BCUT2D eigenvalue weighted by molar-refractivity contribution is -0.127. The Morgan fingerprint density at radius 1 is 1.40 bits per heavy atom. The first-order valence-corrected chi connectivity index (χ1v) is 6.21. The smallest absolute Gasteiger partial charge is 0.236 e. The fourth-order valence-electron chi connectivity index (χ4n) is 1.35. The van der Waals surface area contributed by atoms with Crippen LogP contribution in [-0.2, 0) is 9.59 Å². The monoisotopic (exact) mass is 246 g/mol. The summed E-state index contributed by atoms with van der Waals surface area (Å²) in [5.74, 6) is -0.392. The van der Waals surface area contributed by atoms with E-state index in [4.69, 9.17) is 12.2 Å². The second-order valence-electron chi connectivity index (χ2n) is 3.35. The normalized spacial score (nSPS) is 15.1. The van der Waals surface area contributed by atoms with Crippen LogP contribution < -0.4 is 5.32 Å². The molecule has 1 rings (SSSR count). The van der Waals surface area contributed by atoms with Crippen molar-refractivity contribution in [2.24, 2.45) is 0 Å².